The number of carbonyl (C=O) groups excluding carboxylic acids is 1. The molecule has 0 fully saturated rings. The van der Waals surface area contributed by atoms with Gasteiger partial charge in [-0.3, -0.25) is 4.79 Å². The number of benzene rings is 3. The van der Waals surface area contributed by atoms with E-state index in [1.54, 1.807) is 21.3 Å². The summed E-state index contributed by atoms with van der Waals surface area (Å²) >= 11 is 6.51. The monoisotopic (exact) mass is 490 g/mol. The lowest BCUT2D eigenvalue weighted by Crippen LogP contribution is -2.27. The first kappa shape index (κ1) is 23.1. The molecule has 35 heavy (non-hydrogen) atoms. The topological polar surface area (TPSA) is 68.8 Å². The van der Waals surface area contributed by atoms with Gasteiger partial charge in [0.25, 0.3) is 0 Å². The molecule has 0 saturated carbocycles. The highest BCUT2D eigenvalue weighted by atomic mass is 35.5. The molecule has 5 rings (SSSR count). The molecule has 0 aromatic heterocycles. The van der Waals surface area contributed by atoms with Crippen LogP contribution in [-0.4, -0.2) is 27.1 Å². The second-order valence-corrected chi connectivity index (χ2v) is 9.06. The maximum atomic E-state index is 13.8. The van der Waals surface area contributed by atoms with Crippen LogP contribution in [0, 0.1) is 0 Å². The Kier molecular flexibility index (Phi) is 6.31. The third kappa shape index (κ3) is 4.19. The quantitative estimate of drug-likeness (QED) is 0.434. The molecular formula is C28H27ClN2O4. The van der Waals surface area contributed by atoms with Gasteiger partial charge in [-0.1, -0.05) is 41.9 Å². The first-order valence-corrected chi connectivity index (χ1v) is 11.8. The first-order valence-electron chi connectivity index (χ1n) is 11.5. The maximum Gasteiger partial charge on any atom is 0.203 e. The van der Waals surface area contributed by atoms with E-state index in [-0.39, 0.29) is 11.7 Å². The molecule has 0 spiro atoms. The number of ether oxygens (including phenoxy) is 3. The minimum absolute atomic E-state index is 0.00620. The molecule has 1 aliphatic heterocycles. The number of ketones is 1. The summed E-state index contributed by atoms with van der Waals surface area (Å²) in [5.74, 6) is 1.65. The molecule has 0 radical (unpaired) electrons. The maximum absolute atomic E-state index is 13.8. The van der Waals surface area contributed by atoms with Crippen molar-refractivity contribution in [3.8, 4) is 17.2 Å². The Morgan fingerprint density at radius 2 is 1.51 bits per heavy atom. The Hall–Kier alpha value is -3.64. The number of allylic oxidation sites excluding steroid dienone is 1. The molecule has 3 aromatic rings. The van der Waals surface area contributed by atoms with E-state index in [9.17, 15) is 4.79 Å². The van der Waals surface area contributed by atoms with E-state index in [1.165, 1.54) is 0 Å². The van der Waals surface area contributed by atoms with Gasteiger partial charge in [0.2, 0.25) is 5.75 Å². The third-order valence-electron chi connectivity index (χ3n) is 6.67. The lowest BCUT2D eigenvalue weighted by molar-refractivity contribution is -0.116. The van der Waals surface area contributed by atoms with Crippen molar-refractivity contribution in [3.63, 3.8) is 0 Å². The molecule has 1 heterocycles. The molecule has 2 atom stereocenters. The minimum Gasteiger partial charge on any atom is -0.493 e. The Balaban J connectivity index is 1.66. The number of anilines is 2. The van der Waals surface area contributed by atoms with Gasteiger partial charge in [-0.15, -0.1) is 0 Å². The molecule has 3 aromatic carbocycles. The second-order valence-electron chi connectivity index (χ2n) is 8.65. The van der Waals surface area contributed by atoms with Gasteiger partial charge >= 0.3 is 0 Å². The highest BCUT2D eigenvalue weighted by Crippen LogP contribution is 2.47. The normalized spacial score (nSPS) is 19.0. The van der Waals surface area contributed by atoms with Gasteiger partial charge in [0.1, 0.15) is 0 Å². The number of nitrogens with one attached hydrogen (secondary N) is 2. The summed E-state index contributed by atoms with van der Waals surface area (Å²) < 4.78 is 16.7. The van der Waals surface area contributed by atoms with Crippen LogP contribution in [-0.2, 0) is 4.79 Å². The third-order valence-corrected chi connectivity index (χ3v) is 7.02. The average molecular weight is 491 g/mol. The van der Waals surface area contributed by atoms with Gasteiger partial charge in [-0.2, -0.15) is 0 Å². The molecule has 0 amide bonds. The lowest BCUT2D eigenvalue weighted by atomic mass is 9.78. The van der Waals surface area contributed by atoms with Crippen LogP contribution in [0.15, 0.2) is 71.9 Å². The van der Waals surface area contributed by atoms with E-state index in [0.717, 1.165) is 28.2 Å². The number of hydrogen-bond acceptors (Lipinski definition) is 6. The summed E-state index contributed by atoms with van der Waals surface area (Å²) in [6.07, 6.45) is 1.05. The van der Waals surface area contributed by atoms with Crippen molar-refractivity contribution in [2.24, 2.45) is 0 Å². The molecule has 0 unspecified atom stereocenters. The van der Waals surface area contributed by atoms with Gasteiger partial charge in [0.05, 0.1) is 38.7 Å². The molecule has 0 saturated heterocycles. The van der Waals surface area contributed by atoms with Crippen LogP contribution in [0.3, 0.4) is 0 Å². The molecule has 6 nitrogen and oxygen atoms in total. The fourth-order valence-corrected chi connectivity index (χ4v) is 5.33. The number of para-hydroxylation sites is 2. The summed E-state index contributed by atoms with van der Waals surface area (Å²) in [7, 11) is 4.75. The smallest absolute Gasteiger partial charge is 0.203 e. The zero-order valence-corrected chi connectivity index (χ0v) is 20.6. The van der Waals surface area contributed by atoms with Gasteiger partial charge in [0.15, 0.2) is 17.3 Å². The van der Waals surface area contributed by atoms with Crippen molar-refractivity contribution in [2.75, 3.05) is 32.0 Å². The summed E-state index contributed by atoms with van der Waals surface area (Å²) in [5, 5.41) is 7.83. The molecular weight excluding hydrogens is 464 g/mol. The lowest BCUT2D eigenvalue weighted by Gasteiger charge is -2.30. The predicted octanol–water partition coefficient (Wildman–Crippen LogP) is 6.35. The second kappa shape index (κ2) is 9.55. The largest absolute Gasteiger partial charge is 0.493 e. The van der Waals surface area contributed by atoms with Crippen molar-refractivity contribution in [2.45, 2.75) is 24.8 Å². The molecule has 1 aliphatic carbocycles. The van der Waals surface area contributed by atoms with E-state index >= 15 is 0 Å². The standard InChI is InChI=1S/C28H27ClN2O4/c1-33-24-14-17(15-25(34-2)28(24)35-3)27-26-22(30-20-10-6-7-11-21(20)31-27)12-16(13-23(26)32)18-8-4-5-9-19(18)29/h4-11,14-16,27,30-31H,12-13H2,1-3H3/t16-,27-/m0/s1. The predicted molar refractivity (Wildman–Crippen MR) is 138 cm³/mol. The van der Waals surface area contributed by atoms with E-state index < -0.39 is 6.04 Å². The Morgan fingerprint density at radius 3 is 2.17 bits per heavy atom. The van der Waals surface area contributed by atoms with Crippen LogP contribution in [0.4, 0.5) is 11.4 Å². The number of halogens is 1. The molecule has 180 valence electrons. The van der Waals surface area contributed by atoms with Crippen LogP contribution in [0.1, 0.15) is 35.9 Å². The number of rotatable bonds is 5. The van der Waals surface area contributed by atoms with E-state index in [0.29, 0.717) is 40.7 Å². The summed E-state index contributed by atoms with van der Waals surface area (Å²) in [6, 6.07) is 19.1. The van der Waals surface area contributed by atoms with E-state index in [2.05, 4.69) is 10.6 Å². The Bertz CT molecular complexity index is 1290. The highest BCUT2D eigenvalue weighted by Gasteiger charge is 2.37. The fourth-order valence-electron chi connectivity index (χ4n) is 5.04. The first-order chi connectivity index (χ1) is 17.0. The van der Waals surface area contributed by atoms with Crippen molar-refractivity contribution in [1.82, 2.24) is 0 Å². The summed E-state index contributed by atoms with van der Waals surface area (Å²) in [6.45, 7) is 0. The number of methoxy groups -OCH3 is 3. The molecule has 2 N–H and O–H groups in total. The zero-order valence-electron chi connectivity index (χ0n) is 19.9. The van der Waals surface area contributed by atoms with Crippen molar-refractivity contribution in [1.29, 1.82) is 0 Å². The average Bonchev–Trinajstić information content (AvgIpc) is 3.05. The van der Waals surface area contributed by atoms with Gasteiger partial charge < -0.3 is 24.8 Å². The van der Waals surface area contributed by atoms with Gasteiger partial charge in [-0.05, 0) is 53.8 Å². The summed E-state index contributed by atoms with van der Waals surface area (Å²) in [4.78, 5) is 13.8. The van der Waals surface area contributed by atoms with Crippen LogP contribution < -0.4 is 24.8 Å². The van der Waals surface area contributed by atoms with Gasteiger partial charge in [-0.25, -0.2) is 0 Å². The van der Waals surface area contributed by atoms with Crippen LogP contribution >= 0.6 is 11.6 Å². The van der Waals surface area contributed by atoms with Crippen molar-refractivity contribution >= 4 is 28.8 Å². The SMILES string of the molecule is COc1cc([C@@H]2Nc3ccccc3NC3=C2C(=O)C[C@@H](c2ccccc2Cl)C3)cc(OC)c1OC. The van der Waals surface area contributed by atoms with Crippen LogP contribution in [0.5, 0.6) is 17.2 Å². The van der Waals surface area contributed by atoms with Crippen LogP contribution in [0.2, 0.25) is 5.02 Å². The molecule has 7 heteroatoms. The van der Waals surface area contributed by atoms with Crippen molar-refractivity contribution in [3.05, 3.63) is 88.1 Å². The Labute approximate surface area is 209 Å². The number of hydrogen-bond donors (Lipinski definition) is 2. The summed E-state index contributed by atoms with van der Waals surface area (Å²) in [5.41, 5.74) is 5.26. The minimum atomic E-state index is -0.408. The molecule has 2 aliphatic rings. The van der Waals surface area contributed by atoms with Gasteiger partial charge in [0, 0.05) is 22.7 Å². The number of Topliss-reactive ketones (excluding diaryl/α,β-unsaturated/α-hetero) is 1. The Morgan fingerprint density at radius 1 is 0.857 bits per heavy atom. The van der Waals surface area contributed by atoms with E-state index in [1.807, 2.05) is 60.7 Å². The van der Waals surface area contributed by atoms with Crippen molar-refractivity contribution < 1.29 is 19.0 Å². The highest BCUT2D eigenvalue weighted by molar-refractivity contribution is 6.31. The number of fused-ring (bicyclic) bond motifs is 1. The fraction of sp³-hybridized carbons (Fsp3) is 0.250. The molecule has 0 bridgehead atoms. The van der Waals surface area contributed by atoms with E-state index in [4.69, 9.17) is 25.8 Å². The zero-order chi connectivity index (χ0) is 24.5. The van der Waals surface area contributed by atoms with Crippen LogP contribution in [0.25, 0.3) is 0 Å². The number of carbonyl (C=O) groups is 1.